The Morgan fingerprint density at radius 2 is 1.75 bits per heavy atom. The van der Waals surface area contributed by atoms with E-state index in [2.05, 4.69) is 0 Å². The van der Waals surface area contributed by atoms with Crippen molar-refractivity contribution in [1.29, 1.82) is 0 Å². The first-order valence-corrected chi connectivity index (χ1v) is 7.24. The molecule has 0 aliphatic carbocycles. The third-order valence-electron chi connectivity index (χ3n) is 3.77. The van der Waals surface area contributed by atoms with E-state index in [-0.39, 0.29) is 23.6 Å². The number of benzene rings is 1. The molecule has 3 atom stereocenters. The van der Waals surface area contributed by atoms with Crippen molar-refractivity contribution in [2.75, 3.05) is 6.61 Å². The summed E-state index contributed by atoms with van der Waals surface area (Å²) >= 11 is 0. The molecule has 1 aromatic carbocycles. The number of hydrogen-bond acceptors (Lipinski definition) is 3. The van der Waals surface area contributed by atoms with Crippen LogP contribution in [-0.2, 0) is 14.3 Å². The molecule has 1 rings (SSSR count). The molecule has 0 aliphatic heterocycles. The van der Waals surface area contributed by atoms with Crippen LogP contribution in [0.5, 0.6) is 0 Å². The lowest BCUT2D eigenvalue weighted by molar-refractivity contribution is -0.151. The Labute approximate surface area is 121 Å². The highest BCUT2D eigenvalue weighted by molar-refractivity contribution is 5.85. The molecule has 3 unspecified atom stereocenters. The normalized spacial score (nSPS) is 15.2. The summed E-state index contributed by atoms with van der Waals surface area (Å²) in [6, 6.07) is 9.91. The van der Waals surface area contributed by atoms with Crippen LogP contribution < -0.4 is 0 Å². The first-order valence-electron chi connectivity index (χ1n) is 7.24. The lowest BCUT2D eigenvalue weighted by atomic mass is 9.75. The number of ether oxygens (including phenoxy) is 1. The van der Waals surface area contributed by atoms with Crippen molar-refractivity contribution in [3.05, 3.63) is 35.9 Å². The molecule has 0 N–H and O–H groups in total. The van der Waals surface area contributed by atoms with E-state index in [4.69, 9.17) is 4.74 Å². The minimum Gasteiger partial charge on any atom is -0.466 e. The molecular weight excluding hydrogens is 252 g/mol. The maximum atomic E-state index is 12.1. The summed E-state index contributed by atoms with van der Waals surface area (Å²) in [5.41, 5.74) is 1.10. The van der Waals surface area contributed by atoms with Crippen molar-refractivity contribution in [3.63, 3.8) is 0 Å². The third kappa shape index (κ3) is 3.92. The molecule has 3 nitrogen and oxygen atoms in total. The van der Waals surface area contributed by atoms with Crippen molar-refractivity contribution in [3.8, 4) is 0 Å². The number of hydrogen-bond donors (Lipinski definition) is 0. The lowest BCUT2D eigenvalue weighted by Crippen LogP contribution is -2.32. The number of ketones is 1. The minimum absolute atomic E-state index is 0.0428. The van der Waals surface area contributed by atoms with E-state index < -0.39 is 5.92 Å². The second-order valence-corrected chi connectivity index (χ2v) is 5.10. The Morgan fingerprint density at radius 3 is 2.20 bits per heavy atom. The van der Waals surface area contributed by atoms with Crippen molar-refractivity contribution < 1.29 is 14.3 Å². The Balaban J connectivity index is 3.05. The summed E-state index contributed by atoms with van der Waals surface area (Å²) in [6.45, 7) is 7.52. The van der Waals surface area contributed by atoms with Crippen LogP contribution in [0, 0.1) is 11.8 Å². The fraction of sp³-hybridized carbons (Fsp3) is 0.529. The maximum absolute atomic E-state index is 12.1. The Morgan fingerprint density at radius 1 is 1.15 bits per heavy atom. The predicted octanol–water partition coefficient (Wildman–Crippen LogP) is 3.58. The molecule has 0 radical (unpaired) electrons. The van der Waals surface area contributed by atoms with Gasteiger partial charge in [0.2, 0.25) is 0 Å². The van der Waals surface area contributed by atoms with Gasteiger partial charge in [-0.05, 0) is 31.7 Å². The van der Waals surface area contributed by atoms with Crippen LogP contribution in [0.15, 0.2) is 30.3 Å². The van der Waals surface area contributed by atoms with Gasteiger partial charge in [-0.2, -0.15) is 0 Å². The minimum atomic E-state index is -0.419. The predicted molar refractivity (Wildman–Crippen MR) is 79.4 cm³/mol. The molecule has 0 saturated carbocycles. The highest BCUT2D eigenvalue weighted by Gasteiger charge is 2.35. The summed E-state index contributed by atoms with van der Waals surface area (Å²) in [5, 5.41) is 0. The smallest absolute Gasteiger partial charge is 0.309 e. The van der Waals surface area contributed by atoms with E-state index in [1.807, 2.05) is 37.3 Å². The number of esters is 1. The van der Waals surface area contributed by atoms with Gasteiger partial charge in [0, 0.05) is 5.92 Å². The molecule has 20 heavy (non-hydrogen) atoms. The van der Waals surface area contributed by atoms with Gasteiger partial charge in [-0.15, -0.1) is 0 Å². The van der Waals surface area contributed by atoms with E-state index in [1.54, 1.807) is 20.8 Å². The monoisotopic (exact) mass is 276 g/mol. The molecule has 0 aliphatic rings. The second-order valence-electron chi connectivity index (χ2n) is 5.10. The maximum Gasteiger partial charge on any atom is 0.309 e. The largest absolute Gasteiger partial charge is 0.466 e. The first-order chi connectivity index (χ1) is 9.52. The van der Waals surface area contributed by atoms with Gasteiger partial charge < -0.3 is 4.74 Å². The molecule has 0 fully saturated rings. The summed E-state index contributed by atoms with van der Waals surface area (Å²) in [7, 11) is 0. The quantitative estimate of drug-likeness (QED) is 0.715. The highest BCUT2D eigenvalue weighted by Crippen LogP contribution is 2.34. The highest BCUT2D eigenvalue weighted by atomic mass is 16.5. The van der Waals surface area contributed by atoms with Crippen LogP contribution in [0.25, 0.3) is 0 Å². The van der Waals surface area contributed by atoms with Crippen LogP contribution in [-0.4, -0.2) is 18.4 Å². The fourth-order valence-corrected chi connectivity index (χ4v) is 2.80. The zero-order valence-corrected chi connectivity index (χ0v) is 12.8. The second kappa shape index (κ2) is 7.83. The van der Waals surface area contributed by atoms with Gasteiger partial charge in [0.25, 0.3) is 0 Å². The zero-order chi connectivity index (χ0) is 15.1. The topological polar surface area (TPSA) is 43.4 Å². The molecule has 0 spiro atoms. The van der Waals surface area contributed by atoms with Gasteiger partial charge in [-0.1, -0.05) is 44.2 Å². The molecule has 0 aromatic heterocycles. The van der Waals surface area contributed by atoms with E-state index in [0.717, 1.165) is 12.0 Å². The van der Waals surface area contributed by atoms with Crippen molar-refractivity contribution >= 4 is 11.8 Å². The summed E-state index contributed by atoms with van der Waals surface area (Å²) in [6.07, 6.45) is 0.817. The molecule has 0 saturated heterocycles. The molecule has 0 bridgehead atoms. The van der Waals surface area contributed by atoms with Crippen molar-refractivity contribution in [2.24, 2.45) is 11.8 Å². The summed E-state index contributed by atoms with van der Waals surface area (Å²) in [5.74, 6) is -0.949. The average molecular weight is 276 g/mol. The molecule has 3 heteroatoms. The van der Waals surface area contributed by atoms with Gasteiger partial charge in [0.05, 0.1) is 12.5 Å². The standard InChI is InChI=1S/C17H24O3/c1-5-15(14-10-8-7-9-11-14)16(13(4)18)12(3)17(19)20-6-2/h7-12,15-16H,5-6H2,1-4H3. The van der Waals surface area contributed by atoms with Gasteiger partial charge in [-0.25, -0.2) is 0 Å². The van der Waals surface area contributed by atoms with E-state index >= 15 is 0 Å². The van der Waals surface area contributed by atoms with E-state index in [1.165, 1.54) is 0 Å². The number of carbonyl (C=O) groups excluding carboxylic acids is 2. The fourth-order valence-electron chi connectivity index (χ4n) is 2.80. The molecule has 110 valence electrons. The third-order valence-corrected chi connectivity index (χ3v) is 3.77. The Bertz CT molecular complexity index is 439. The number of carbonyl (C=O) groups is 2. The van der Waals surface area contributed by atoms with E-state index in [9.17, 15) is 9.59 Å². The van der Waals surface area contributed by atoms with Gasteiger partial charge in [0.15, 0.2) is 0 Å². The molecule has 0 amide bonds. The molecular formula is C17H24O3. The molecule has 1 aromatic rings. The summed E-state index contributed by atoms with van der Waals surface area (Å²) in [4.78, 5) is 24.0. The van der Waals surface area contributed by atoms with Gasteiger partial charge >= 0.3 is 5.97 Å². The van der Waals surface area contributed by atoms with E-state index in [0.29, 0.717) is 6.61 Å². The first kappa shape index (κ1) is 16.4. The summed E-state index contributed by atoms with van der Waals surface area (Å²) < 4.78 is 5.07. The Hall–Kier alpha value is -1.64. The van der Waals surface area contributed by atoms with Crippen molar-refractivity contribution in [2.45, 2.75) is 40.0 Å². The lowest BCUT2D eigenvalue weighted by Gasteiger charge is -2.28. The average Bonchev–Trinajstić information content (AvgIpc) is 2.44. The van der Waals surface area contributed by atoms with Gasteiger partial charge in [0.1, 0.15) is 5.78 Å². The SMILES string of the molecule is CCOC(=O)C(C)C(C(C)=O)C(CC)c1ccccc1. The Kier molecular flexibility index (Phi) is 6.43. The van der Waals surface area contributed by atoms with Crippen LogP contribution in [0.2, 0.25) is 0 Å². The molecule has 0 heterocycles. The van der Waals surface area contributed by atoms with Crippen LogP contribution in [0.4, 0.5) is 0 Å². The van der Waals surface area contributed by atoms with Crippen LogP contribution in [0.3, 0.4) is 0 Å². The zero-order valence-electron chi connectivity index (χ0n) is 12.8. The number of Topliss-reactive ketones (excluding diaryl/α,β-unsaturated/α-hetero) is 1. The van der Waals surface area contributed by atoms with Crippen molar-refractivity contribution in [1.82, 2.24) is 0 Å². The van der Waals surface area contributed by atoms with Gasteiger partial charge in [-0.3, -0.25) is 9.59 Å². The number of rotatable bonds is 7. The van der Waals surface area contributed by atoms with Crippen LogP contribution in [0.1, 0.15) is 45.6 Å². The van der Waals surface area contributed by atoms with Crippen LogP contribution >= 0.6 is 0 Å².